The molecule has 0 spiro atoms. The number of carbonyl (C=O) groups excluding carboxylic acids is 1. The van der Waals surface area contributed by atoms with Crippen LogP contribution in [0, 0.1) is 6.92 Å². The van der Waals surface area contributed by atoms with E-state index in [9.17, 15) is 13.2 Å². The number of amides is 1. The standard InChI is InChI=1S/C27H22N2O5S/c1-18-2-4-19(5-3-18)20-8-13-24(14-9-20)35(31,32)29-22-10-6-21(7-11-22)27(30)28-23-12-15-25-26(16-23)34-17-33-25/h2-16,29H,17H2,1H3,(H,28,30). The quantitative estimate of drug-likeness (QED) is 0.378. The first-order valence-electron chi connectivity index (χ1n) is 10.9. The SMILES string of the molecule is Cc1ccc(-c2ccc(S(=O)(=O)Nc3ccc(C(=O)Nc4ccc5c(c4)OCO5)cc3)cc2)cc1. The van der Waals surface area contributed by atoms with Gasteiger partial charge in [0.15, 0.2) is 11.5 Å². The van der Waals surface area contributed by atoms with E-state index >= 15 is 0 Å². The van der Waals surface area contributed by atoms with Gasteiger partial charge in [0, 0.05) is 23.0 Å². The van der Waals surface area contributed by atoms with Gasteiger partial charge in [-0.05, 0) is 66.6 Å². The van der Waals surface area contributed by atoms with Crippen molar-refractivity contribution in [2.24, 2.45) is 0 Å². The van der Waals surface area contributed by atoms with Gasteiger partial charge in [-0.1, -0.05) is 42.0 Å². The number of aryl methyl sites for hydroxylation is 1. The Morgan fingerprint density at radius 3 is 2.03 bits per heavy atom. The van der Waals surface area contributed by atoms with Crippen LogP contribution >= 0.6 is 0 Å². The van der Waals surface area contributed by atoms with E-state index in [2.05, 4.69) is 10.0 Å². The lowest BCUT2D eigenvalue weighted by molar-refractivity contribution is 0.102. The number of fused-ring (bicyclic) bond motifs is 1. The molecule has 8 heteroatoms. The zero-order valence-corrected chi connectivity index (χ0v) is 19.6. The van der Waals surface area contributed by atoms with Crippen LogP contribution in [-0.2, 0) is 10.0 Å². The van der Waals surface area contributed by atoms with E-state index in [1.807, 2.05) is 31.2 Å². The topological polar surface area (TPSA) is 93.7 Å². The molecule has 4 aromatic carbocycles. The fraction of sp³-hybridized carbons (Fsp3) is 0.0741. The van der Waals surface area contributed by atoms with Crippen LogP contribution in [0.3, 0.4) is 0 Å². The summed E-state index contributed by atoms with van der Waals surface area (Å²) in [6.07, 6.45) is 0. The molecule has 0 aromatic heterocycles. The van der Waals surface area contributed by atoms with E-state index in [1.54, 1.807) is 66.7 Å². The Labute approximate surface area is 203 Å². The maximum Gasteiger partial charge on any atom is 0.261 e. The van der Waals surface area contributed by atoms with E-state index in [0.717, 1.165) is 16.7 Å². The second-order valence-corrected chi connectivity index (χ2v) is 9.78. The van der Waals surface area contributed by atoms with Crippen LogP contribution in [0.5, 0.6) is 11.5 Å². The van der Waals surface area contributed by atoms with E-state index in [4.69, 9.17) is 9.47 Å². The van der Waals surface area contributed by atoms with Crippen molar-refractivity contribution in [3.8, 4) is 22.6 Å². The molecule has 4 aromatic rings. The molecule has 2 N–H and O–H groups in total. The van der Waals surface area contributed by atoms with Crippen molar-refractivity contribution in [3.05, 3.63) is 102 Å². The predicted octanol–water partition coefficient (Wildman–Crippen LogP) is 5.44. The lowest BCUT2D eigenvalue weighted by atomic mass is 10.0. The summed E-state index contributed by atoms with van der Waals surface area (Å²) in [6.45, 7) is 2.17. The first-order valence-corrected chi connectivity index (χ1v) is 12.4. The zero-order chi connectivity index (χ0) is 24.4. The molecule has 0 aliphatic carbocycles. The molecule has 0 saturated heterocycles. The van der Waals surface area contributed by atoms with Gasteiger partial charge in [-0.15, -0.1) is 0 Å². The third-order valence-corrected chi connectivity index (χ3v) is 6.98. The number of carbonyl (C=O) groups is 1. The van der Waals surface area contributed by atoms with Crippen LogP contribution < -0.4 is 19.5 Å². The van der Waals surface area contributed by atoms with Gasteiger partial charge < -0.3 is 14.8 Å². The van der Waals surface area contributed by atoms with Crippen LogP contribution in [0.25, 0.3) is 11.1 Å². The largest absolute Gasteiger partial charge is 0.454 e. The minimum atomic E-state index is -3.78. The Morgan fingerprint density at radius 2 is 1.34 bits per heavy atom. The Balaban J connectivity index is 1.25. The Morgan fingerprint density at radius 1 is 0.743 bits per heavy atom. The minimum absolute atomic E-state index is 0.151. The smallest absolute Gasteiger partial charge is 0.261 e. The first kappa shape index (κ1) is 22.5. The van der Waals surface area contributed by atoms with Gasteiger partial charge in [-0.25, -0.2) is 8.42 Å². The number of hydrogen-bond acceptors (Lipinski definition) is 5. The molecule has 0 fully saturated rings. The van der Waals surface area contributed by atoms with Gasteiger partial charge >= 0.3 is 0 Å². The number of nitrogens with one attached hydrogen (secondary N) is 2. The summed E-state index contributed by atoms with van der Waals surface area (Å²) < 4.78 is 38.8. The zero-order valence-electron chi connectivity index (χ0n) is 18.8. The van der Waals surface area contributed by atoms with Crippen molar-refractivity contribution < 1.29 is 22.7 Å². The van der Waals surface area contributed by atoms with Gasteiger partial charge in [0.05, 0.1) is 4.90 Å². The van der Waals surface area contributed by atoms with E-state index < -0.39 is 10.0 Å². The molecule has 7 nitrogen and oxygen atoms in total. The Kier molecular flexibility index (Phi) is 5.88. The number of hydrogen-bond donors (Lipinski definition) is 2. The molecule has 0 bridgehead atoms. The molecule has 0 saturated carbocycles. The lowest BCUT2D eigenvalue weighted by Crippen LogP contribution is -2.14. The molecular weight excluding hydrogens is 464 g/mol. The highest BCUT2D eigenvalue weighted by Crippen LogP contribution is 2.34. The van der Waals surface area contributed by atoms with Gasteiger partial charge in [0.1, 0.15) is 0 Å². The van der Waals surface area contributed by atoms with Crippen molar-refractivity contribution in [3.63, 3.8) is 0 Å². The molecule has 0 radical (unpaired) electrons. The summed E-state index contributed by atoms with van der Waals surface area (Å²) in [7, 11) is -3.78. The van der Waals surface area contributed by atoms with Crippen LogP contribution in [0.1, 0.15) is 15.9 Å². The maximum absolute atomic E-state index is 12.8. The minimum Gasteiger partial charge on any atom is -0.454 e. The van der Waals surface area contributed by atoms with Crippen LogP contribution in [0.2, 0.25) is 0 Å². The first-order chi connectivity index (χ1) is 16.9. The lowest BCUT2D eigenvalue weighted by Gasteiger charge is -2.10. The van der Waals surface area contributed by atoms with Crippen molar-refractivity contribution in [1.29, 1.82) is 0 Å². The molecule has 0 atom stereocenters. The molecule has 1 heterocycles. The fourth-order valence-corrected chi connectivity index (χ4v) is 4.71. The molecule has 5 rings (SSSR count). The number of ether oxygens (including phenoxy) is 2. The second kappa shape index (κ2) is 9.15. The van der Waals surface area contributed by atoms with E-state index in [1.165, 1.54) is 0 Å². The van der Waals surface area contributed by atoms with Crippen LogP contribution in [-0.4, -0.2) is 21.1 Å². The van der Waals surface area contributed by atoms with Gasteiger partial charge in [-0.3, -0.25) is 9.52 Å². The summed E-state index contributed by atoms with van der Waals surface area (Å²) >= 11 is 0. The fourth-order valence-electron chi connectivity index (χ4n) is 3.65. The van der Waals surface area contributed by atoms with Crippen molar-refractivity contribution in [1.82, 2.24) is 0 Å². The van der Waals surface area contributed by atoms with Crippen molar-refractivity contribution in [2.45, 2.75) is 11.8 Å². The van der Waals surface area contributed by atoms with Crippen LogP contribution in [0.4, 0.5) is 11.4 Å². The molecular formula is C27H22N2O5S. The molecule has 35 heavy (non-hydrogen) atoms. The molecule has 176 valence electrons. The predicted molar refractivity (Wildman–Crippen MR) is 134 cm³/mol. The number of rotatable bonds is 6. The maximum atomic E-state index is 12.8. The second-order valence-electron chi connectivity index (χ2n) is 8.10. The van der Waals surface area contributed by atoms with E-state index in [-0.39, 0.29) is 17.6 Å². The number of anilines is 2. The highest BCUT2D eigenvalue weighted by atomic mass is 32.2. The summed E-state index contributed by atoms with van der Waals surface area (Å²) in [5, 5.41) is 2.79. The summed E-state index contributed by atoms with van der Waals surface area (Å²) in [4.78, 5) is 12.7. The average Bonchev–Trinajstić information content (AvgIpc) is 3.33. The Hall–Kier alpha value is -4.30. The third kappa shape index (κ3) is 4.97. The number of sulfonamides is 1. The molecule has 1 aliphatic rings. The molecule has 1 aliphatic heterocycles. The van der Waals surface area contributed by atoms with Gasteiger partial charge in [0.25, 0.3) is 15.9 Å². The van der Waals surface area contributed by atoms with Crippen molar-refractivity contribution >= 4 is 27.3 Å². The summed E-state index contributed by atoms with van der Waals surface area (Å²) in [5.74, 6) is 0.869. The number of benzene rings is 4. The monoisotopic (exact) mass is 486 g/mol. The highest BCUT2D eigenvalue weighted by molar-refractivity contribution is 7.92. The highest BCUT2D eigenvalue weighted by Gasteiger charge is 2.16. The van der Waals surface area contributed by atoms with E-state index in [0.29, 0.717) is 28.4 Å². The summed E-state index contributed by atoms with van der Waals surface area (Å²) in [5.41, 5.74) is 4.41. The Bertz CT molecular complexity index is 1480. The normalized spacial score (nSPS) is 12.3. The molecule has 0 unspecified atom stereocenters. The van der Waals surface area contributed by atoms with Gasteiger partial charge in [-0.2, -0.15) is 0 Å². The van der Waals surface area contributed by atoms with Crippen molar-refractivity contribution in [2.75, 3.05) is 16.8 Å². The average molecular weight is 487 g/mol. The third-order valence-electron chi connectivity index (χ3n) is 5.58. The van der Waals surface area contributed by atoms with Crippen LogP contribution in [0.15, 0.2) is 95.9 Å². The van der Waals surface area contributed by atoms with Gasteiger partial charge in [0.2, 0.25) is 6.79 Å². The molecule has 1 amide bonds. The summed E-state index contributed by atoms with van der Waals surface area (Å²) in [6, 6.07) is 26.1.